The number of anilines is 1. The Morgan fingerprint density at radius 2 is 2.03 bits per heavy atom. The summed E-state index contributed by atoms with van der Waals surface area (Å²) >= 11 is 7.69. The Labute approximate surface area is 192 Å². The second-order valence-electron chi connectivity index (χ2n) is 7.24. The maximum Gasteiger partial charge on any atom is 0.260 e. The number of fused-ring (bicyclic) bond motifs is 1. The number of rotatable bonds is 6. The van der Waals surface area contributed by atoms with E-state index in [1.165, 1.54) is 5.56 Å². The summed E-state index contributed by atoms with van der Waals surface area (Å²) in [5, 5.41) is 1.29. The van der Waals surface area contributed by atoms with Crippen molar-refractivity contribution in [3.63, 3.8) is 0 Å². The van der Waals surface area contributed by atoms with Gasteiger partial charge in [0.25, 0.3) is 5.91 Å². The van der Waals surface area contributed by atoms with Crippen molar-refractivity contribution in [2.45, 2.75) is 13.3 Å². The highest BCUT2D eigenvalue weighted by Gasteiger charge is 2.22. The first-order valence-electron chi connectivity index (χ1n) is 9.85. The zero-order chi connectivity index (χ0) is 20.2. The molecule has 1 aliphatic rings. The van der Waals surface area contributed by atoms with Gasteiger partial charge in [0, 0.05) is 36.8 Å². The Balaban J connectivity index is 0.00000256. The van der Waals surface area contributed by atoms with Crippen molar-refractivity contribution in [1.29, 1.82) is 0 Å². The quantitative estimate of drug-likeness (QED) is 0.510. The smallest absolute Gasteiger partial charge is 0.260 e. The van der Waals surface area contributed by atoms with Gasteiger partial charge in [-0.1, -0.05) is 35.1 Å². The van der Waals surface area contributed by atoms with Crippen molar-refractivity contribution < 1.29 is 9.53 Å². The van der Waals surface area contributed by atoms with Crippen molar-refractivity contribution in [2.75, 3.05) is 44.3 Å². The van der Waals surface area contributed by atoms with Crippen LogP contribution in [0, 0.1) is 6.92 Å². The first-order valence-corrected chi connectivity index (χ1v) is 11.0. The van der Waals surface area contributed by atoms with E-state index < -0.39 is 0 Å². The van der Waals surface area contributed by atoms with Crippen molar-refractivity contribution in [3.05, 3.63) is 58.6 Å². The number of halogens is 2. The fraction of sp³-hybridized carbons (Fsp3) is 0.364. The lowest BCUT2D eigenvalue weighted by molar-refractivity contribution is 0.0376. The molecule has 1 aromatic heterocycles. The predicted molar refractivity (Wildman–Crippen MR) is 127 cm³/mol. The van der Waals surface area contributed by atoms with Gasteiger partial charge in [0.15, 0.2) is 5.13 Å². The van der Waals surface area contributed by atoms with Crippen LogP contribution in [0.1, 0.15) is 22.3 Å². The van der Waals surface area contributed by atoms with Gasteiger partial charge >= 0.3 is 0 Å². The second-order valence-corrected chi connectivity index (χ2v) is 8.69. The first-order chi connectivity index (χ1) is 14.1. The highest BCUT2D eigenvalue weighted by molar-refractivity contribution is 7.22. The monoisotopic (exact) mass is 465 g/mol. The van der Waals surface area contributed by atoms with E-state index in [1.54, 1.807) is 34.4 Å². The third kappa shape index (κ3) is 5.50. The Kier molecular flexibility index (Phi) is 8.08. The van der Waals surface area contributed by atoms with E-state index in [-0.39, 0.29) is 18.3 Å². The van der Waals surface area contributed by atoms with Crippen molar-refractivity contribution in [3.8, 4) is 0 Å². The lowest BCUT2D eigenvalue weighted by atomic mass is 10.2. The van der Waals surface area contributed by atoms with Crippen LogP contribution in [-0.2, 0) is 4.74 Å². The summed E-state index contributed by atoms with van der Waals surface area (Å²) < 4.78 is 6.51. The zero-order valence-corrected chi connectivity index (χ0v) is 19.2. The van der Waals surface area contributed by atoms with Gasteiger partial charge in [-0.15, -0.1) is 12.4 Å². The van der Waals surface area contributed by atoms with E-state index >= 15 is 0 Å². The van der Waals surface area contributed by atoms with Crippen LogP contribution < -0.4 is 4.90 Å². The average Bonchev–Trinajstić information content (AvgIpc) is 3.14. The van der Waals surface area contributed by atoms with Crippen LogP contribution >= 0.6 is 35.3 Å². The molecule has 2 heterocycles. The van der Waals surface area contributed by atoms with Gasteiger partial charge in [-0.25, -0.2) is 4.98 Å². The number of nitrogens with zero attached hydrogens (tertiary/aromatic N) is 3. The molecular weight excluding hydrogens is 441 g/mol. The highest BCUT2D eigenvalue weighted by Crippen LogP contribution is 2.31. The molecule has 0 spiro atoms. The molecule has 0 unspecified atom stereocenters. The lowest BCUT2D eigenvalue weighted by Crippen LogP contribution is -2.39. The summed E-state index contributed by atoms with van der Waals surface area (Å²) in [5.74, 6) is -0.0646. The summed E-state index contributed by atoms with van der Waals surface area (Å²) in [7, 11) is 0. The minimum Gasteiger partial charge on any atom is -0.379 e. The normalized spacial score (nSPS) is 14.5. The molecule has 1 aliphatic heterocycles. The Morgan fingerprint density at radius 1 is 1.23 bits per heavy atom. The first kappa shape index (κ1) is 23.0. The van der Waals surface area contributed by atoms with E-state index in [9.17, 15) is 4.79 Å². The number of morpholine rings is 1. The van der Waals surface area contributed by atoms with E-state index in [0.29, 0.717) is 17.1 Å². The molecule has 0 aliphatic carbocycles. The van der Waals surface area contributed by atoms with Crippen LogP contribution in [0.25, 0.3) is 10.2 Å². The summed E-state index contributed by atoms with van der Waals surface area (Å²) in [6.07, 6.45) is 0.876. The van der Waals surface area contributed by atoms with Gasteiger partial charge in [-0.3, -0.25) is 14.6 Å². The molecule has 5 nitrogen and oxygen atoms in total. The van der Waals surface area contributed by atoms with Crippen molar-refractivity contribution in [1.82, 2.24) is 9.88 Å². The zero-order valence-electron chi connectivity index (χ0n) is 16.8. The van der Waals surface area contributed by atoms with Crippen LogP contribution in [-0.4, -0.2) is 55.2 Å². The maximum atomic E-state index is 13.3. The fourth-order valence-corrected chi connectivity index (χ4v) is 4.75. The molecule has 2 aromatic carbocycles. The second kappa shape index (κ2) is 10.6. The summed E-state index contributed by atoms with van der Waals surface area (Å²) in [6, 6.07) is 13.3. The number of amides is 1. The van der Waals surface area contributed by atoms with Gasteiger partial charge in [-0.05, 0) is 49.2 Å². The number of thiazole rings is 1. The predicted octanol–water partition coefficient (Wildman–Crippen LogP) is 5.05. The number of carbonyl (C=O) groups excluding carboxylic acids is 1. The lowest BCUT2D eigenvalue weighted by Gasteiger charge is -2.27. The van der Waals surface area contributed by atoms with Gasteiger partial charge in [0.05, 0.1) is 23.4 Å². The molecule has 1 amide bonds. The topological polar surface area (TPSA) is 45.7 Å². The average molecular weight is 466 g/mol. The molecule has 30 heavy (non-hydrogen) atoms. The number of carbonyl (C=O) groups is 1. The van der Waals surface area contributed by atoms with E-state index in [2.05, 4.69) is 17.9 Å². The molecule has 0 atom stereocenters. The SMILES string of the molecule is Cc1ccc2nc(N(CCCN3CCOCC3)C(=O)c3cccc(Cl)c3)sc2c1.Cl. The molecule has 1 fully saturated rings. The fourth-order valence-electron chi connectivity index (χ4n) is 3.47. The van der Waals surface area contributed by atoms with Crippen LogP contribution in [0.15, 0.2) is 42.5 Å². The number of aryl methyl sites for hydroxylation is 1. The minimum atomic E-state index is -0.0646. The van der Waals surface area contributed by atoms with Crippen LogP contribution in [0.5, 0.6) is 0 Å². The molecule has 0 saturated carbocycles. The Hall–Kier alpha value is -1.70. The summed E-state index contributed by atoms with van der Waals surface area (Å²) in [5.41, 5.74) is 2.69. The summed E-state index contributed by atoms with van der Waals surface area (Å²) in [6.45, 7) is 7.07. The number of aromatic nitrogens is 1. The van der Waals surface area contributed by atoms with Gasteiger partial charge in [-0.2, -0.15) is 0 Å². The minimum absolute atomic E-state index is 0. The van der Waals surface area contributed by atoms with Gasteiger partial charge in [0.1, 0.15) is 0 Å². The number of hydrogen-bond donors (Lipinski definition) is 0. The highest BCUT2D eigenvalue weighted by atomic mass is 35.5. The Bertz CT molecular complexity index is 1000. The largest absolute Gasteiger partial charge is 0.379 e. The van der Waals surface area contributed by atoms with E-state index in [1.807, 2.05) is 18.2 Å². The molecule has 3 aromatic rings. The number of hydrogen-bond acceptors (Lipinski definition) is 5. The van der Waals surface area contributed by atoms with E-state index in [4.69, 9.17) is 21.3 Å². The van der Waals surface area contributed by atoms with Gasteiger partial charge < -0.3 is 4.74 Å². The number of benzene rings is 2. The summed E-state index contributed by atoms with van der Waals surface area (Å²) in [4.78, 5) is 22.2. The number of ether oxygens (including phenoxy) is 1. The maximum absolute atomic E-state index is 13.3. The van der Waals surface area contributed by atoms with Crippen LogP contribution in [0.3, 0.4) is 0 Å². The molecule has 1 saturated heterocycles. The molecular formula is C22H25Cl2N3O2S. The third-order valence-corrected chi connectivity index (χ3v) is 6.32. The Morgan fingerprint density at radius 3 is 2.80 bits per heavy atom. The molecule has 8 heteroatoms. The van der Waals surface area contributed by atoms with E-state index in [0.717, 1.165) is 54.6 Å². The molecule has 0 bridgehead atoms. The van der Waals surface area contributed by atoms with Gasteiger partial charge in [0.2, 0.25) is 0 Å². The third-order valence-electron chi connectivity index (χ3n) is 5.04. The van der Waals surface area contributed by atoms with Crippen molar-refractivity contribution >= 4 is 56.6 Å². The van der Waals surface area contributed by atoms with Crippen LogP contribution in [0.2, 0.25) is 5.02 Å². The van der Waals surface area contributed by atoms with Crippen LogP contribution in [0.4, 0.5) is 5.13 Å². The van der Waals surface area contributed by atoms with Crippen molar-refractivity contribution in [2.24, 2.45) is 0 Å². The molecule has 160 valence electrons. The molecule has 0 N–H and O–H groups in total. The molecule has 4 rings (SSSR count). The standard InChI is InChI=1S/C22H24ClN3O2S.ClH/c1-16-6-7-19-20(14-16)29-22(24-19)26(9-3-8-25-10-12-28-13-11-25)21(27)17-4-2-5-18(23)15-17;/h2,4-7,14-15H,3,8-13H2,1H3;1H. The molecule has 0 radical (unpaired) electrons.